The van der Waals surface area contributed by atoms with Crippen LogP contribution in [0.25, 0.3) is 0 Å². The van der Waals surface area contributed by atoms with E-state index in [1.165, 1.54) is 18.4 Å². The van der Waals surface area contributed by atoms with Crippen molar-refractivity contribution in [1.29, 1.82) is 0 Å². The molecule has 0 aromatic carbocycles. The lowest BCUT2D eigenvalue weighted by molar-refractivity contribution is -0.126. The second-order valence-electron chi connectivity index (χ2n) is 7.25. The van der Waals surface area contributed by atoms with E-state index in [-0.39, 0.29) is 30.3 Å². The normalized spacial score (nSPS) is 24.2. The monoisotopic (exact) mass is 370 g/mol. The second-order valence-corrected chi connectivity index (χ2v) is 7.25. The largest absolute Gasteiger partial charge is 0.352 e. The van der Waals surface area contributed by atoms with Gasteiger partial charge in [0.1, 0.15) is 0 Å². The average molecular weight is 371 g/mol. The molecule has 1 saturated heterocycles. The van der Waals surface area contributed by atoms with Crippen LogP contribution in [0.1, 0.15) is 44.9 Å². The number of nitrogens with zero attached hydrogens (tertiary/aromatic N) is 1. The Labute approximate surface area is 156 Å². The Hall–Kier alpha value is -1.27. The molecular weight excluding hydrogens is 340 g/mol. The molecule has 1 atom stereocenters. The summed E-state index contributed by atoms with van der Waals surface area (Å²) in [5.74, 6) is 0.0168. The molecule has 2 heterocycles. The number of carbonyl (C=O) groups excluding carboxylic acids is 2. The fourth-order valence-electron chi connectivity index (χ4n) is 3.89. The topological polar surface area (TPSA) is 73.5 Å². The molecule has 2 aliphatic heterocycles. The molecule has 3 N–H and O–H groups in total. The number of piperidine rings is 1. The van der Waals surface area contributed by atoms with Gasteiger partial charge in [0.05, 0.1) is 5.92 Å². The van der Waals surface area contributed by atoms with Crippen molar-refractivity contribution in [2.75, 3.05) is 32.7 Å². The van der Waals surface area contributed by atoms with Crippen LogP contribution in [0.3, 0.4) is 0 Å². The van der Waals surface area contributed by atoms with E-state index in [1.807, 2.05) is 4.90 Å². The van der Waals surface area contributed by atoms with E-state index in [0.29, 0.717) is 19.1 Å². The van der Waals surface area contributed by atoms with E-state index in [9.17, 15) is 9.59 Å². The molecule has 7 heteroatoms. The van der Waals surface area contributed by atoms with Crippen molar-refractivity contribution < 1.29 is 9.59 Å². The zero-order chi connectivity index (χ0) is 16.8. The van der Waals surface area contributed by atoms with Gasteiger partial charge in [-0.25, -0.2) is 4.79 Å². The molecule has 2 fully saturated rings. The Bertz CT molecular complexity index is 491. The van der Waals surface area contributed by atoms with Crippen LogP contribution in [0.4, 0.5) is 4.79 Å². The zero-order valence-electron chi connectivity index (χ0n) is 14.9. The Morgan fingerprint density at radius 2 is 2.00 bits per heavy atom. The van der Waals surface area contributed by atoms with Crippen molar-refractivity contribution in [1.82, 2.24) is 20.9 Å². The predicted molar refractivity (Wildman–Crippen MR) is 101 cm³/mol. The Morgan fingerprint density at radius 1 is 1.20 bits per heavy atom. The molecule has 3 amide bonds. The van der Waals surface area contributed by atoms with Crippen LogP contribution < -0.4 is 16.0 Å². The summed E-state index contributed by atoms with van der Waals surface area (Å²) >= 11 is 0. The van der Waals surface area contributed by atoms with Gasteiger partial charge in [0.2, 0.25) is 5.91 Å². The summed E-state index contributed by atoms with van der Waals surface area (Å²) < 4.78 is 0. The predicted octanol–water partition coefficient (Wildman–Crippen LogP) is 1.81. The molecule has 6 nitrogen and oxygen atoms in total. The van der Waals surface area contributed by atoms with Crippen molar-refractivity contribution in [2.24, 2.45) is 5.92 Å². The first-order valence-electron chi connectivity index (χ1n) is 9.44. The number of rotatable bonds is 4. The maximum atomic E-state index is 12.4. The average Bonchev–Trinajstić information content (AvgIpc) is 3.13. The van der Waals surface area contributed by atoms with Crippen molar-refractivity contribution in [2.45, 2.75) is 51.0 Å². The number of carbonyl (C=O) groups is 2. The van der Waals surface area contributed by atoms with Crippen molar-refractivity contribution in [3.63, 3.8) is 0 Å². The third-order valence-corrected chi connectivity index (χ3v) is 5.41. The highest BCUT2D eigenvalue weighted by atomic mass is 35.5. The van der Waals surface area contributed by atoms with Crippen LogP contribution in [0.15, 0.2) is 11.6 Å². The quantitative estimate of drug-likeness (QED) is 0.661. The van der Waals surface area contributed by atoms with Crippen LogP contribution in [0, 0.1) is 5.92 Å². The SMILES string of the molecule is Cl.O=C(NCC1=CCNCC1)C1CCCN(C(=O)NC2CCCC2)C1. The van der Waals surface area contributed by atoms with Gasteiger partial charge < -0.3 is 20.9 Å². The fourth-order valence-corrected chi connectivity index (χ4v) is 3.89. The summed E-state index contributed by atoms with van der Waals surface area (Å²) in [7, 11) is 0. The highest BCUT2D eigenvalue weighted by Crippen LogP contribution is 2.20. The molecule has 3 rings (SSSR count). The zero-order valence-corrected chi connectivity index (χ0v) is 15.7. The van der Waals surface area contributed by atoms with Gasteiger partial charge in [-0.1, -0.05) is 24.5 Å². The standard InChI is InChI=1S/C18H30N4O2.ClH/c23-17(20-12-14-7-9-19-10-8-14)15-4-3-11-22(13-15)18(24)21-16-5-1-2-6-16;/h7,15-16,19H,1-6,8-13H2,(H,20,23)(H,21,24);1H. The first-order chi connectivity index (χ1) is 11.7. The van der Waals surface area contributed by atoms with Gasteiger partial charge >= 0.3 is 6.03 Å². The molecule has 0 aromatic rings. The summed E-state index contributed by atoms with van der Waals surface area (Å²) in [5.41, 5.74) is 1.30. The lowest BCUT2D eigenvalue weighted by Crippen LogP contribution is -2.50. The molecule has 0 bridgehead atoms. The third kappa shape index (κ3) is 5.89. The summed E-state index contributed by atoms with van der Waals surface area (Å²) in [5, 5.41) is 9.47. The van der Waals surface area contributed by atoms with Gasteiger partial charge in [-0.2, -0.15) is 0 Å². The molecule has 1 saturated carbocycles. The number of nitrogens with one attached hydrogen (secondary N) is 3. The minimum atomic E-state index is -0.0737. The molecule has 142 valence electrons. The van der Waals surface area contributed by atoms with Crippen molar-refractivity contribution in [3.8, 4) is 0 Å². The van der Waals surface area contributed by atoms with Crippen molar-refractivity contribution in [3.05, 3.63) is 11.6 Å². The van der Waals surface area contributed by atoms with E-state index in [0.717, 1.165) is 51.7 Å². The summed E-state index contributed by atoms with van der Waals surface area (Å²) in [6.07, 6.45) is 9.54. The summed E-state index contributed by atoms with van der Waals surface area (Å²) in [6.45, 7) is 3.83. The Balaban J connectivity index is 0.00000225. The highest BCUT2D eigenvalue weighted by molar-refractivity contribution is 5.85. The Kier molecular flexibility index (Phi) is 8.03. The van der Waals surface area contributed by atoms with Crippen molar-refractivity contribution >= 4 is 24.3 Å². The van der Waals surface area contributed by atoms with Gasteiger partial charge in [-0.05, 0) is 38.6 Å². The minimum Gasteiger partial charge on any atom is -0.352 e. The smallest absolute Gasteiger partial charge is 0.317 e. The number of hydrogen-bond donors (Lipinski definition) is 3. The van der Waals surface area contributed by atoms with Crippen LogP contribution >= 0.6 is 12.4 Å². The highest BCUT2D eigenvalue weighted by Gasteiger charge is 2.29. The maximum Gasteiger partial charge on any atom is 0.317 e. The van der Waals surface area contributed by atoms with Gasteiger partial charge in [-0.15, -0.1) is 12.4 Å². The number of amides is 3. The van der Waals surface area contributed by atoms with Gasteiger partial charge in [0, 0.05) is 32.2 Å². The van der Waals surface area contributed by atoms with E-state index >= 15 is 0 Å². The molecule has 0 spiro atoms. The maximum absolute atomic E-state index is 12.4. The van der Waals surface area contributed by atoms with Crippen LogP contribution in [-0.4, -0.2) is 55.6 Å². The number of hydrogen-bond acceptors (Lipinski definition) is 3. The Morgan fingerprint density at radius 3 is 2.72 bits per heavy atom. The van der Waals surface area contributed by atoms with E-state index < -0.39 is 0 Å². The molecule has 1 unspecified atom stereocenters. The molecule has 25 heavy (non-hydrogen) atoms. The molecule has 0 radical (unpaired) electrons. The van der Waals surface area contributed by atoms with E-state index in [1.54, 1.807) is 0 Å². The first kappa shape index (κ1) is 20.0. The lowest BCUT2D eigenvalue weighted by Gasteiger charge is -2.33. The molecular formula is C18H31ClN4O2. The van der Waals surface area contributed by atoms with E-state index in [2.05, 4.69) is 22.0 Å². The second kappa shape index (κ2) is 10.0. The third-order valence-electron chi connectivity index (χ3n) is 5.41. The van der Waals surface area contributed by atoms with Crippen LogP contribution in [-0.2, 0) is 4.79 Å². The molecule has 0 aromatic heterocycles. The lowest BCUT2D eigenvalue weighted by atomic mass is 9.97. The number of likely N-dealkylation sites (tertiary alicyclic amines) is 1. The van der Waals surface area contributed by atoms with Gasteiger partial charge in [0.25, 0.3) is 0 Å². The molecule has 3 aliphatic rings. The first-order valence-corrected chi connectivity index (χ1v) is 9.44. The fraction of sp³-hybridized carbons (Fsp3) is 0.778. The van der Waals surface area contributed by atoms with Gasteiger partial charge in [-0.3, -0.25) is 4.79 Å². The number of urea groups is 1. The van der Waals surface area contributed by atoms with Crippen LogP contribution in [0.5, 0.6) is 0 Å². The molecule has 1 aliphatic carbocycles. The van der Waals surface area contributed by atoms with Crippen LogP contribution in [0.2, 0.25) is 0 Å². The van der Waals surface area contributed by atoms with E-state index in [4.69, 9.17) is 0 Å². The van der Waals surface area contributed by atoms with Gasteiger partial charge in [0.15, 0.2) is 0 Å². The minimum absolute atomic E-state index is 0. The summed E-state index contributed by atoms with van der Waals surface area (Å²) in [4.78, 5) is 26.7. The number of halogens is 1. The summed E-state index contributed by atoms with van der Waals surface area (Å²) in [6, 6.07) is 0.346.